The van der Waals surface area contributed by atoms with E-state index in [0.717, 1.165) is 38.8 Å². The van der Waals surface area contributed by atoms with Crippen LogP contribution in [0.25, 0.3) is 0 Å². The lowest BCUT2D eigenvalue weighted by Crippen LogP contribution is -2.42. The zero-order chi connectivity index (χ0) is 13.0. The molecule has 2 nitrogen and oxygen atoms in total. The van der Waals surface area contributed by atoms with Crippen molar-refractivity contribution in [1.82, 2.24) is 4.90 Å². The van der Waals surface area contributed by atoms with Gasteiger partial charge in [-0.3, -0.25) is 4.79 Å². The lowest BCUT2D eigenvalue weighted by atomic mass is 9.92. The number of halogens is 1. The van der Waals surface area contributed by atoms with Crippen molar-refractivity contribution < 1.29 is 4.79 Å². The number of hydrogen-bond donors (Lipinski definition) is 0. The maximum atomic E-state index is 12.5. The summed E-state index contributed by atoms with van der Waals surface area (Å²) >= 11 is 6.15. The molecule has 3 heteroatoms. The maximum Gasteiger partial charge on any atom is 0.225 e. The third-order valence-electron chi connectivity index (χ3n) is 4.71. The molecular formula is C15H26ClNO. The van der Waals surface area contributed by atoms with E-state index in [1.807, 2.05) is 0 Å². The minimum absolute atomic E-state index is 0.250. The number of amides is 1. The average Bonchev–Trinajstić information content (AvgIpc) is 2.67. The summed E-state index contributed by atoms with van der Waals surface area (Å²) in [6, 6.07) is 0. The van der Waals surface area contributed by atoms with Gasteiger partial charge >= 0.3 is 0 Å². The number of carbonyl (C=O) groups excluding carboxylic acids is 1. The highest BCUT2D eigenvalue weighted by molar-refractivity contribution is 6.20. The van der Waals surface area contributed by atoms with Crippen molar-refractivity contribution in [2.24, 2.45) is 11.8 Å². The van der Waals surface area contributed by atoms with Gasteiger partial charge in [-0.2, -0.15) is 0 Å². The molecule has 1 amide bonds. The topological polar surface area (TPSA) is 20.3 Å². The van der Waals surface area contributed by atoms with Crippen molar-refractivity contribution >= 4 is 17.5 Å². The minimum atomic E-state index is 0.250. The Balaban J connectivity index is 1.82. The monoisotopic (exact) mass is 271 g/mol. The van der Waals surface area contributed by atoms with Gasteiger partial charge in [0.05, 0.1) is 0 Å². The van der Waals surface area contributed by atoms with Gasteiger partial charge in [0.2, 0.25) is 5.91 Å². The van der Waals surface area contributed by atoms with Crippen molar-refractivity contribution in [2.75, 3.05) is 13.1 Å². The summed E-state index contributed by atoms with van der Waals surface area (Å²) in [6.45, 7) is 3.93. The Morgan fingerprint density at radius 1 is 1.06 bits per heavy atom. The first kappa shape index (κ1) is 14.2. The van der Waals surface area contributed by atoms with Gasteiger partial charge in [-0.15, -0.1) is 11.6 Å². The second-order valence-electron chi connectivity index (χ2n) is 6.03. The molecular weight excluding hydrogens is 246 g/mol. The van der Waals surface area contributed by atoms with Gasteiger partial charge in [0, 0.05) is 24.4 Å². The first-order valence-electron chi connectivity index (χ1n) is 7.61. The molecule has 0 aromatic carbocycles. The molecule has 0 aromatic rings. The van der Waals surface area contributed by atoms with Gasteiger partial charge in [-0.1, -0.05) is 25.7 Å². The summed E-state index contributed by atoms with van der Waals surface area (Å²) in [5.74, 6) is 1.35. The minimum Gasteiger partial charge on any atom is -0.342 e. The fraction of sp³-hybridized carbons (Fsp3) is 0.933. The Morgan fingerprint density at radius 3 is 2.11 bits per heavy atom. The molecule has 1 unspecified atom stereocenters. The Hall–Kier alpha value is -0.240. The van der Waals surface area contributed by atoms with Crippen LogP contribution in [0.3, 0.4) is 0 Å². The molecule has 0 bridgehead atoms. The first-order chi connectivity index (χ1) is 8.68. The summed E-state index contributed by atoms with van der Waals surface area (Å²) in [7, 11) is 0. The van der Waals surface area contributed by atoms with Crippen LogP contribution in [0.4, 0.5) is 0 Å². The van der Waals surface area contributed by atoms with Crippen molar-refractivity contribution in [2.45, 2.75) is 63.7 Å². The summed E-state index contributed by atoms with van der Waals surface area (Å²) < 4.78 is 0. The molecule has 104 valence electrons. The van der Waals surface area contributed by atoms with E-state index in [4.69, 9.17) is 11.6 Å². The van der Waals surface area contributed by atoms with E-state index in [-0.39, 0.29) is 5.38 Å². The van der Waals surface area contributed by atoms with Crippen molar-refractivity contribution in [3.05, 3.63) is 0 Å². The quantitative estimate of drug-likeness (QED) is 0.552. The van der Waals surface area contributed by atoms with E-state index in [2.05, 4.69) is 11.8 Å². The van der Waals surface area contributed by atoms with Crippen molar-refractivity contribution in [1.29, 1.82) is 0 Å². The Labute approximate surface area is 116 Å². The highest BCUT2D eigenvalue weighted by Gasteiger charge is 2.29. The molecule has 0 radical (unpaired) electrons. The van der Waals surface area contributed by atoms with Crippen LogP contribution in [0.1, 0.15) is 58.3 Å². The summed E-state index contributed by atoms with van der Waals surface area (Å²) in [5, 5.41) is 0.250. The number of nitrogens with zero attached hydrogens (tertiary/aromatic N) is 1. The van der Waals surface area contributed by atoms with Crippen LogP contribution in [0, 0.1) is 11.8 Å². The molecule has 1 saturated heterocycles. The smallest absolute Gasteiger partial charge is 0.225 e. The summed E-state index contributed by atoms with van der Waals surface area (Å²) in [5.41, 5.74) is 0. The molecule has 2 aliphatic rings. The number of likely N-dealkylation sites (tertiary alicyclic amines) is 1. The van der Waals surface area contributed by atoms with Gasteiger partial charge in [0.15, 0.2) is 0 Å². The largest absolute Gasteiger partial charge is 0.342 e. The molecule has 1 saturated carbocycles. The lowest BCUT2D eigenvalue weighted by Gasteiger charge is -2.35. The van der Waals surface area contributed by atoms with Crippen molar-refractivity contribution in [3.8, 4) is 0 Å². The summed E-state index contributed by atoms with van der Waals surface area (Å²) in [6.07, 6.45) is 9.52. The van der Waals surface area contributed by atoms with Crippen LogP contribution >= 0.6 is 11.6 Å². The Kier molecular flexibility index (Phi) is 5.35. The summed E-state index contributed by atoms with van der Waals surface area (Å²) in [4.78, 5) is 14.6. The van der Waals surface area contributed by atoms with Gasteiger partial charge in [0.25, 0.3) is 0 Å². The number of alkyl halides is 1. The molecule has 18 heavy (non-hydrogen) atoms. The molecule has 2 fully saturated rings. The van der Waals surface area contributed by atoms with Crippen molar-refractivity contribution in [3.63, 3.8) is 0 Å². The van der Waals surface area contributed by atoms with Crippen LogP contribution in [0.5, 0.6) is 0 Å². The van der Waals surface area contributed by atoms with Crippen LogP contribution < -0.4 is 0 Å². The van der Waals surface area contributed by atoms with Gasteiger partial charge < -0.3 is 4.90 Å². The molecule has 0 spiro atoms. The van der Waals surface area contributed by atoms with Gasteiger partial charge in [0.1, 0.15) is 0 Å². The number of carbonyl (C=O) groups is 1. The van der Waals surface area contributed by atoms with E-state index in [1.54, 1.807) is 0 Å². The van der Waals surface area contributed by atoms with E-state index >= 15 is 0 Å². The molecule has 0 N–H and O–H groups in total. The second kappa shape index (κ2) is 6.79. The fourth-order valence-corrected chi connectivity index (χ4v) is 3.62. The normalized spacial score (nSPS) is 25.8. The van der Waals surface area contributed by atoms with E-state index in [0.29, 0.717) is 17.7 Å². The maximum absolute atomic E-state index is 12.5. The number of rotatable bonds is 2. The van der Waals surface area contributed by atoms with Gasteiger partial charge in [-0.05, 0) is 38.5 Å². The molecule has 0 aromatic heterocycles. The van der Waals surface area contributed by atoms with E-state index in [1.165, 1.54) is 25.7 Å². The van der Waals surface area contributed by atoms with E-state index in [9.17, 15) is 4.79 Å². The fourth-order valence-electron chi connectivity index (χ4n) is 3.36. The number of piperidine rings is 1. The molecule has 1 heterocycles. The standard InChI is InChI=1S/C15H26ClNO/c1-12(16)13-8-10-17(11-9-13)15(18)14-6-4-2-3-5-7-14/h12-14H,2-11H2,1H3. The third-order valence-corrected chi connectivity index (χ3v) is 5.06. The van der Waals surface area contributed by atoms with Crippen LogP contribution in [0.15, 0.2) is 0 Å². The highest BCUT2D eigenvalue weighted by Crippen LogP contribution is 2.28. The van der Waals surface area contributed by atoms with Crippen LogP contribution in [-0.2, 0) is 4.79 Å². The predicted octanol–water partition coefficient (Wildman–Crippen LogP) is 3.82. The Morgan fingerprint density at radius 2 is 1.61 bits per heavy atom. The average molecular weight is 272 g/mol. The molecule has 1 aliphatic carbocycles. The number of hydrogen-bond acceptors (Lipinski definition) is 1. The molecule has 1 atom stereocenters. The van der Waals surface area contributed by atoms with Crippen LogP contribution in [0.2, 0.25) is 0 Å². The van der Waals surface area contributed by atoms with Gasteiger partial charge in [-0.25, -0.2) is 0 Å². The van der Waals surface area contributed by atoms with E-state index < -0.39 is 0 Å². The zero-order valence-corrected chi connectivity index (χ0v) is 12.3. The third kappa shape index (κ3) is 3.63. The SMILES string of the molecule is CC(Cl)C1CCN(C(=O)C2CCCCCC2)CC1. The highest BCUT2D eigenvalue weighted by atomic mass is 35.5. The Bertz CT molecular complexity index is 264. The molecule has 1 aliphatic heterocycles. The predicted molar refractivity (Wildman–Crippen MR) is 75.8 cm³/mol. The molecule has 2 rings (SSSR count). The second-order valence-corrected chi connectivity index (χ2v) is 6.72. The lowest BCUT2D eigenvalue weighted by molar-refractivity contribution is -0.137. The zero-order valence-electron chi connectivity index (χ0n) is 11.5. The first-order valence-corrected chi connectivity index (χ1v) is 8.05. The van der Waals surface area contributed by atoms with Crippen LogP contribution in [-0.4, -0.2) is 29.3 Å².